The zero-order chi connectivity index (χ0) is 23.2. The number of halogens is 1. The topological polar surface area (TPSA) is 65.5 Å². The molecule has 3 aromatic rings. The van der Waals surface area contributed by atoms with Gasteiger partial charge in [0.15, 0.2) is 0 Å². The van der Waals surface area contributed by atoms with Gasteiger partial charge < -0.3 is 10.2 Å². The Bertz CT molecular complexity index is 1090. The minimum atomic E-state index is -0.266. The van der Waals surface area contributed by atoms with Crippen molar-refractivity contribution in [1.82, 2.24) is 20.1 Å². The molecular weight excluding hydrogens is 439 g/mol. The molecule has 0 radical (unpaired) electrons. The third kappa shape index (κ3) is 6.24. The van der Waals surface area contributed by atoms with Crippen LogP contribution in [0.25, 0.3) is 0 Å². The van der Waals surface area contributed by atoms with E-state index in [4.69, 9.17) is 0 Å². The van der Waals surface area contributed by atoms with Crippen LogP contribution in [0.5, 0.6) is 0 Å². The minimum absolute atomic E-state index is 0.0106. The molecule has 0 atom stereocenters. The van der Waals surface area contributed by atoms with Crippen molar-refractivity contribution in [3.63, 3.8) is 0 Å². The Kier molecular flexibility index (Phi) is 7.47. The Morgan fingerprint density at radius 1 is 1.00 bits per heavy atom. The van der Waals surface area contributed by atoms with Gasteiger partial charge in [0.1, 0.15) is 10.7 Å². The Hall–Kier alpha value is -3.10. The summed E-state index contributed by atoms with van der Waals surface area (Å²) < 4.78 is 13.1. The summed E-state index contributed by atoms with van der Waals surface area (Å²) in [6.45, 7) is 5.17. The van der Waals surface area contributed by atoms with Crippen molar-refractivity contribution < 1.29 is 14.0 Å². The van der Waals surface area contributed by atoms with Crippen molar-refractivity contribution >= 4 is 23.2 Å². The smallest absolute Gasteiger partial charge is 0.265 e. The van der Waals surface area contributed by atoms with E-state index in [-0.39, 0.29) is 17.6 Å². The summed E-state index contributed by atoms with van der Waals surface area (Å²) in [5, 5.41) is 3.79. The molecule has 0 aliphatic carbocycles. The molecule has 1 aliphatic heterocycles. The first-order chi connectivity index (χ1) is 16.0. The molecule has 1 fully saturated rings. The van der Waals surface area contributed by atoms with Crippen molar-refractivity contribution in [2.24, 2.45) is 0 Å². The molecule has 0 spiro atoms. The number of hydrogen-bond acceptors (Lipinski definition) is 5. The molecule has 0 bridgehead atoms. The van der Waals surface area contributed by atoms with Crippen LogP contribution >= 0.6 is 11.3 Å². The van der Waals surface area contributed by atoms with E-state index >= 15 is 0 Å². The van der Waals surface area contributed by atoms with E-state index in [2.05, 4.69) is 15.2 Å². The second-order valence-electron chi connectivity index (χ2n) is 8.16. The molecule has 1 N–H and O–H groups in total. The van der Waals surface area contributed by atoms with Crippen LogP contribution in [0.4, 0.5) is 4.39 Å². The lowest BCUT2D eigenvalue weighted by atomic mass is 10.1. The van der Waals surface area contributed by atoms with E-state index < -0.39 is 0 Å². The first-order valence-electron chi connectivity index (χ1n) is 11.0. The molecule has 0 unspecified atom stereocenters. The summed E-state index contributed by atoms with van der Waals surface area (Å²) in [6.07, 6.45) is 0.574. The molecule has 0 saturated carbocycles. The Labute approximate surface area is 197 Å². The number of hydrogen-bond donors (Lipinski definition) is 1. The number of rotatable bonds is 7. The molecule has 33 heavy (non-hydrogen) atoms. The van der Waals surface area contributed by atoms with Gasteiger partial charge in [-0.25, -0.2) is 9.37 Å². The first-order valence-corrected chi connectivity index (χ1v) is 11.8. The summed E-state index contributed by atoms with van der Waals surface area (Å²) in [6, 6.07) is 16.2. The molecule has 8 heteroatoms. The van der Waals surface area contributed by atoms with Crippen LogP contribution < -0.4 is 5.32 Å². The van der Waals surface area contributed by atoms with Crippen LogP contribution in [0.1, 0.15) is 31.5 Å². The van der Waals surface area contributed by atoms with E-state index in [1.54, 1.807) is 12.1 Å². The van der Waals surface area contributed by atoms with Crippen molar-refractivity contribution in [1.29, 1.82) is 0 Å². The van der Waals surface area contributed by atoms with Crippen LogP contribution in [0.15, 0.2) is 54.6 Å². The highest BCUT2D eigenvalue weighted by atomic mass is 32.1. The third-order valence-corrected chi connectivity index (χ3v) is 6.81. The number of aryl methyl sites for hydroxylation is 1. The van der Waals surface area contributed by atoms with Gasteiger partial charge in [0.25, 0.3) is 5.91 Å². The maximum absolute atomic E-state index is 13.1. The number of aromatic nitrogens is 1. The number of piperazine rings is 1. The van der Waals surface area contributed by atoms with Gasteiger partial charge in [-0.2, -0.15) is 0 Å². The number of nitrogens with one attached hydrogen (secondary N) is 1. The maximum atomic E-state index is 13.1. The van der Waals surface area contributed by atoms with Crippen LogP contribution in [-0.2, 0) is 17.8 Å². The zero-order valence-corrected chi connectivity index (χ0v) is 19.4. The van der Waals surface area contributed by atoms with E-state index in [9.17, 15) is 14.0 Å². The summed E-state index contributed by atoms with van der Waals surface area (Å²) in [5.74, 6) is -0.288. The zero-order valence-electron chi connectivity index (χ0n) is 18.6. The van der Waals surface area contributed by atoms with Gasteiger partial charge in [0.2, 0.25) is 5.91 Å². The Morgan fingerprint density at radius 2 is 1.70 bits per heavy atom. The molecule has 2 heterocycles. The molecular formula is C25H27FN4O2S. The summed E-state index contributed by atoms with van der Waals surface area (Å²) in [4.78, 5) is 34.5. The summed E-state index contributed by atoms with van der Waals surface area (Å²) in [5.41, 5.74) is 2.76. The number of benzene rings is 2. The van der Waals surface area contributed by atoms with Crippen molar-refractivity contribution in [2.45, 2.75) is 19.9 Å². The van der Waals surface area contributed by atoms with Crippen LogP contribution in [0.2, 0.25) is 0 Å². The monoisotopic (exact) mass is 466 g/mol. The van der Waals surface area contributed by atoms with Gasteiger partial charge in [-0.3, -0.25) is 14.5 Å². The van der Waals surface area contributed by atoms with Gasteiger partial charge in [-0.15, -0.1) is 11.3 Å². The highest BCUT2D eigenvalue weighted by Crippen LogP contribution is 2.23. The minimum Gasteiger partial charge on any atom is -0.351 e. The van der Waals surface area contributed by atoms with Gasteiger partial charge in [-0.05, 0) is 30.2 Å². The number of amides is 2. The van der Waals surface area contributed by atoms with Crippen LogP contribution in [-0.4, -0.2) is 59.3 Å². The highest BCUT2D eigenvalue weighted by Gasteiger charge is 2.26. The SMILES string of the molecule is Cc1nc(Cc2ccc(F)cc2)sc1C(=O)N1CCN(CC(=O)NCc2ccccc2)CC1. The lowest BCUT2D eigenvalue weighted by Gasteiger charge is -2.34. The average Bonchev–Trinajstić information content (AvgIpc) is 3.20. The highest BCUT2D eigenvalue weighted by molar-refractivity contribution is 7.13. The molecule has 1 aromatic heterocycles. The fraction of sp³-hybridized carbons (Fsp3) is 0.320. The van der Waals surface area contributed by atoms with Crippen molar-refractivity contribution in [2.75, 3.05) is 32.7 Å². The van der Waals surface area contributed by atoms with Gasteiger partial charge in [0, 0.05) is 39.1 Å². The van der Waals surface area contributed by atoms with E-state index in [1.165, 1.54) is 23.5 Å². The molecule has 2 aromatic carbocycles. The van der Waals surface area contributed by atoms with Gasteiger partial charge >= 0.3 is 0 Å². The van der Waals surface area contributed by atoms with Gasteiger partial charge in [0.05, 0.1) is 17.2 Å². The normalized spacial score (nSPS) is 14.3. The molecule has 1 saturated heterocycles. The predicted molar refractivity (Wildman–Crippen MR) is 127 cm³/mol. The van der Waals surface area contributed by atoms with Gasteiger partial charge in [-0.1, -0.05) is 42.5 Å². The van der Waals surface area contributed by atoms with Crippen LogP contribution in [0.3, 0.4) is 0 Å². The standard InChI is InChI=1S/C25H27FN4O2S/c1-18-24(33-23(28-18)15-19-7-9-21(26)10-8-19)25(32)30-13-11-29(12-14-30)17-22(31)27-16-20-5-3-2-4-6-20/h2-10H,11-17H2,1H3,(H,27,31). The first kappa shape index (κ1) is 23.1. The Morgan fingerprint density at radius 3 is 2.39 bits per heavy atom. The van der Waals surface area contributed by atoms with Crippen molar-refractivity contribution in [3.05, 3.63) is 87.1 Å². The Balaban J connectivity index is 1.26. The van der Waals surface area contributed by atoms with Crippen molar-refractivity contribution in [3.8, 4) is 0 Å². The second kappa shape index (κ2) is 10.7. The summed E-state index contributed by atoms with van der Waals surface area (Å²) in [7, 11) is 0. The maximum Gasteiger partial charge on any atom is 0.265 e. The fourth-order valence-corrected chi connectivity index (χ4v) is 4.88. The van der Waals surface area contributed by atoms with E-state index in [0.717, 1.165) is 21.8 Å². The number of nitrogens with zero attached hydrogens (tertiary/aromatic N) is 3. The second-order valence-corrected chi connectivity index (χ2v) is 9.24. The lowest BCUT2D eigenvalue weighted by molar-refractivity contribution is -0.122. The fourth-order valence-electron chi connectivity index (χ4n) is 3.81. The average molecular weight is 467 g/mol. The lowest BCUT2D eigenvalue weighted by Crippen LogP contribution is -2.51. The molecule has 1 aliphatic rings. The number of carbonyl (C=O) groups excluding carboxylic acids is 2. The van der Waals surface area contributed by atoms with E-state index in [1.807, 2.05) is 42.2 Å². The molecule has 4 rings (SSSR count). The van der Waals surface area contributed by atoms with Crippen LogP contribution in [0, 0.1) is 12.7 Å². The third-order valence-electron chi connectivity index (χ3n) is 5.66. The van der Waals surface area contributed by atoms with E-state index in [0.29, 0.717) is 50.6 Å². The molecule has 2 amide bonds. The predicted octanol–water partition coefficient (Wildman–Crippen LogP) is 3.26. The number of thiazole rings is 1. The largest absolute Gasteiger partial charge is 0.351 e. The molecule has 172 valence electrons. The molecule has 6 nitrogen and oxygen atoms in total. The number of carbonyl (C=O) groups is 2. The summed E-state index contributed by atoms with van der Waals surface area (Å²) >= 11 is 1.40. The quantitative estimate of drug-likeness (QED) is 0.581.